The van der Waals surface area contributed by atoms with Gasteiger partial charge in [-0.05, 0) is 24.3 Å². The van der Waals surface area contributed by atoms with Crippen LogP contribution < -0.4 is 5.32 Å². The molecule has 1 aromatic rings. The Morgan fingerprint density at radius 1 is 1.33 bits per heavy atom. The Bertz CT molecular complexity index is 292. The van der Waals surface area contributed by atoms with Crippen LogP contribution in [0.15, 0.2) is 24.3 Å². The molecule has 0 saturated heterocycles. The minimum atomic E-state index is -0.232. The van der Waals surface area contributed by atoms with Crippen LogP contribution in [0.3, 0.4) is 0 Å². The first-order chi connectivity index (χ1) is 5.83. The molecule has 0 fully saturated rings. The van der Waals surface area contributed by atoms with E-state index in [0.29, 0.717) is 0 Å². The first kappa shape index (κ1) is 8.61. The van der Waals surface area contributed by atoms with Gasteiger partial charge in [0.2, 0.25) is 0 Å². The van der Waals surface area contributed by atoms with Crippen molar-refractivity contribution in [3.05, 3.63) is 30.1 Å². The second kappa shape index (κ2) is 4.40. The van der Waals surface area contributed by atoms with Crippen LogP contribution in [0.25, 0.3) is 0 Å². The fourth-order valence-corrected chi connectivity index (χ4v) is 0.738. The molecule has 0 heterocycles. The minimum absolute atomic E-state index is 0.232. The molecule has 0 unspecified atom stereocenters. The van der Waals surface area contributed by atoms with E-state index in [1.54, 1.807) is 12.1 Å². The Labute approximate surface area is 71.6 Å². The first-order valence-corrected chi connectivity index (χ1v) is 3.82. The summed E-state index contributed by atoms with van der Waals surface area (Å²) in [4.78, 5) is 0. The third-order valence-electron chi connectivity index (χ3n) is 1.32. The van der Waals surface area contributed by atoms with Gasteiger partial charge < -0.3 is 5.32 Å². The molecule has 2 heteroatoms. The average molecular weight is 163 g/mol. The average Bonchev–Trinajstić information content (AvgIpc) is 2.09. The summed E-state index contributed by atoms with van der Waals surface area (Å²) in [5, 5.41) is 2.84. The van der Waals surface area contributed by atoms with Crippen molar-refractivity contribution in [1.29, 1.82) is 0 Å². The molecule has 0 spiro atoms. The van der Waals surface area contributed by atoms with Gasteiger partial charge in [-0.2, -0.15) is 0 Å². The molecule has 0 amide bonds. The number of halogens is 1. The van der Waals surface area contributed by atoms with E-state index in [1.807, 2.05) is 6.92 Å². The van der Waals surface area contributed by atoms with Gasteiger partial charge in [-0.25, -0.2) is 4.39 Å². The maximum absolute atomic E-state index is 12.4. The Hall–Kier alpha value is -1.49. The molecule has 0 saturated carbocycles. The molecule has 0 aliphatic carbocycles. The smallest absolute Gasteiger partial charge is 0.123 e. The predicted octanol–water partition coefficient (Wildman–Crippen LogP) is 2.61. The molecule has 1 N–H and O–H groups in total. The largest absolute Gasteiger partial charge is 0.315 e. The van der Waals surface area contributed by atoms with Gasteiger partial charge in [-0.1, -0.05) is 12.8 Å². The first-order valence-electron chi connectivity index (χ1n) is 3.82. The fraction of sp³-hybridized carbons (Fsp3) is 0.200. The van der Waals surface area contributed by atoms with Gasteiger partial charge in [-0.15, -0.1) is 0 Å². The monoisotopic (exact) mass is 163 g/mol. The maximum Gasteiger partial charge on any atom is 0.123 e. The normalized spacial score (nSPS) is 8.50. The van der Waals surface area contributed by atoms with Crippen LogP contribution in [0.2, 0.25) is 0 Å². The molecule has 1 nitrogen and oxygen atoms in total. The van der Waals surface area contributed by atoms with Crippen molar-refractivity contribution < 1.29 is 4.39 Å². The summed E-state index contributed by atoms with van der Waals surface area (Å²) in [6.07, 6.45) is 0.814. The van der Waals surface area contributed by atoms with Gasteiger partial charge in [0.1, 0.15) is 5.82 Å². The Kier molecular flexibility index (Phi) is 3.16. The van der Waals surface area contributed by atoms with E-state index in [4.69, 9.17) is 0 Å². The standard InChI is InChI=1S/C10H10FN/c1-2-3-8-12-10-6-4-9(11)5-7-10/h4-7,12H,2H2,1H3. The van der Waals surface area contributed by atoms with E-state index in [1.165, 1.54) is 12.1 Å². The van der Waals surface area contributed by atoms with Gasteiger partial charge in [0.25, 0.3) is 0 Å². The highest BCUT2D eigenvalue weighted by Gasteiger charge is 1.88. The van der Waals surface area contributed by atoms with Crippen molar-refractivity contribution in [3.63, 3.8) is 0 Å². The molecular weight excluding hydrogens is 153 g/mol. The topological polar surface area (TPSA) is 12.0 Å². The zero-order chi connectivity index (χ0) is 8.81. The van der Waals surface area contributed by atoms with E-state index in [0.717, 1.165) is 12.1 Å². The van der Waals surface area contributed by atoms with Crippen molar-refractivity contribution >= 4 is 5.69 Å². The lowest BCUT2D eigenvalue weighted by atomic mass is 10.3. The SMILES string of the molecule is CCC#CNc1ccc(F)cc1. The lowest BCUT2D eigenvalue weighted by Crippen LogP contribution is -1.87. The molecule has 62 valence electrons. The van der Waals surface area contributed by atoms with Gasteiger partial charge in [-0.3, -0.25) is 0 Å². The fourth-order valence-electron chi connectivity index (χ4n) is 0.738. The predicted molar refractivity (Wildman–Crippen MR) is 48.1 cm³/mol. The Balaban J connectivity index is 2.59. The summed E-state index contributed by atoms with van der Waals surface area (Å²) in [7, 11) is 0. The molecule has 0 atom stereocenters. The highest BCUT2D eigenvalue weighted by Crippen LogP contribution is 2.06. The van der Waals surface area contributed by atoms with Gasteiger partial charge >= 0.3 is 0 Å². The second-order valence-corrected chi connectivity index (χ2v) is 2.29. The summed E-state index contributed by atoms with van der Waals surface area (Å²) in [5.74, 6) is 2.62. The summed E-state index contributed by atoms with van der Waals surface area (Å²) >= 11 is 0. The molecule has 12 heavy (non-hydrogen) atoms. The second-order valence-electron chi connectivity index (χ2n) is 2.29. The maximum atomic E-state index is 12.4. The summed E-state index contributed by atoms with van der Waals surface area (Å²) in [6, 6.07) is 8.85. The van der Waals surface area contributed by atoms with E-state index in [2.05, 4.69) is 17.3 Å². The highest BCUT2D eigenvalue weighted by atomic mass is 19.1. The summed E-state index contributed by atoms with van der Waals surface area (Å²) < 4.78 is 12.4. The van der Waals surface area contributed by atoms with Crippen LogP contribution in [0, 0.1) is 17.8 Å². The van der Waals surface area contributed by atoms with Crippen molar-refractivity contribution in [1.82, 2.24) is 0 Å². The Morgan fingerprint density at radius 3 is 2.58 bits per heavy atom. The van der Waals surface area contributed by atoms with E-state index < -0.39 is 0 Å². The van der Waals surface area contributed by atoms with Gasteiger partial charge in [0.05, 0.1) is 0 Å². The van der Waals surface area contributed by atoms with E-state index in [9.17, 15) is 4.39 Å². The molecule has 0 aliphatic rings. The molecule has 0 radical (unpaired) electrons. The molecule has 0 aliphatic heterocycles. The number of anilines is 1. The van der Waals surface area contributed by atoms with Crippen LogP contribution in [0.5, 0.6) is 0 Å². The van der Waals surface area contributed by atoms with Crippen LogP contribution in [0.4, 0.5) is 10.1 Å². The third-order valence-corrected chi connectivity index (χ3v) is 1.32. The quantitative estimate of drug-likeness (QED) is 0.495. The zero-order valence-corrected chi connectivity index (χ0v) is 6.89. The van der Waals surface area contributed by atoms with Crippen LogP contribution in [-0.4, -0.2) is 0 Å². The van der Waals surface area contributed by atoms with Crippen molar-refractivity contribution in [2.24, 2.45) is 0 Å². The molecule has 1 aromatic carbocycles. The van der Waals surface area contributed by atoms with E-state index in [-0.39, 0.29) is 5.82 Å². The number of hydrogen-bond acceptors (Lipinski definition) is 1. The molecule has 1 rings (SSSR count). The third kappa shape index (κ3) is 2.63. The zero-order valence-electron chi connectivity index (χ0n) is 6.89. The lowest BCUT2D eigenvalue weighted by Gasteiger charge is -1.95. The van der Waals surface area contributed by atoms with Crippen LogP contribution in [0.1, 0.15) is 13.3 Å². The van der Waals surface area contributed by atoms with E-state index >= 15 is 0 Å². The Morgan fingerprint density at radius 2 is 2.00 bits per heavy atom. The molecule has 0 aromatic heterocycles. The number of hydrogen-bond donors (Lipinski definition) is 1. The van der Waals surface area contributed by atoms with Crippen LogP contribution >= 0.6 is 0 Å². The van der Waals surface area contributed by atoms with Crippen molar-refractivity contribution in [3.8, 4) is 12.0 Å². The summed E-state index contributed by atoms with van der Waals surface area (Å²) in [6.45, 7) is 1.97. The lowest BCUT2D eigenvalue weighted by molar-refractivity contribution is 0.628. The van der Waals surface area contributed by atoms with Crippen molar-refractivity contribution in [2.75, 3.05) is 5.32 Å². The summed E-state index contributed by atoms with van der Waals surface area (Å²) in [5.41, 5.74) is 0.817. The number of benzene rings is 1. The highest BCUT2D eigenvalue weighted by molar-refractivity contribution is 5.47. The molecular formula is C10H10FN. The molecule has 0 bridgehead atoms. The minimum Gasteiger partial charge on any atom is -0.315 e. The number of nitrogens with one attached hydrogen (secondary N) is 1. The van der Waals surface area contributed by atoms with Gasteiger partial charge in [0.15, 0.2) is 0 Å². The number of rotatable bonds is 1. The van der Waals surface area contributed by atoms with Crippen LogP contribution in [-0.2, 0) is 0 Å². The van der Waals surface area contributed by atoms with Gasteiger partial charge in [0, 0.05) is 18.2 Å². The van der Waals surface area contributed by atoms with Crippen molar-refractivity contribution in [2.45, 2.75) is 13.3 Å².